The van der Waals surface area contributed by atoms with Crippen LogP contribution in [0.1, 0.15) is 80.9 Å². The summed E-state index contributed by atoms with van der Waals surface area (Å²) in [5.41, 5.74) is 1.84. The van der Waals surface area contributed by atoms with Crippen LogP contribution in [0.4, 0.5) is 26.3 Å². The number of ether oxygens (including phenoxy) is 2. The van der Waals surface area contributed by atoms with E-state index < -0.39 is 81.0 Å². The number of carbonyl (C=O) groups is 2. The van der Waals surface area contributed by atoms with E-state index in [4.69, 9.17) is 9.47 Å². The molecule has 2 bridgehead atoms. The van der Waals surface area contributed by atoms with Gasteiger partial charge in [-0.2, -0.15) is 34.8 Å². The highest BCUT2D eigenvalue weighted by Gasteiger charge is 2.79. The number of fused-ring (bicyclic) bond motifs is 5. The van der Waals surface area contributed by atoms with Crippen LogP contribution < -0.4 is 4.74 Å². The molecule has 5 rings (SSSR count). The second kappa shape index (κ2) is 12.8. The van der Waals surface area contributed by atoms with Crippen molar-refractivity contribution < 1.29 is 58.1 Å². The summed E-state index contributed by atoms with van der Waals surface area (Å²) in [5.74, 6) is -17.4. The van der Waals surface area contributed by atoms with E-state index >= 15 is 0 Å². The van der Waals surface area contributed by atoms with Crippen LogP contribution in [-0.4, -0.2) is 55.6 Å². The first-order chi connectivity index (χ1) is 21.5. The predicted molar refractivity (Wildman–Crippen MR) is 151 cm³/mol. The highest BCUT2D eigenvalue weighted by Crippen LogP contribution is 2.54. The van der Waals surface area contributed by atoms with Gasteiger partial charge in [-0.1, -0.05) is 50.8 Å². The number of aryl methyl sites for hydroxylation is 1. The average Bonchev–Trinajstić information content (AvgIpc) is 3.69. The lowest BCUT2D eigenvalue weighted by Gasteiger charge is -2.32. The lowest BCUT2D eigenvalue weighted by Crippen LogP contribution is -2.60. The third kappa shape index (κ3) is 5.95. The Labute approximate surface area is 263 Å². The minimum Gasteiger partial charge on any atom is -0.493 e. The summed E-state index contributed by atoms with van der Waals surface area (Å²) in [6.45, 7) is 1.08. The monoisotopic (exact) mass is 681 g/mol. The third-order valence-electron chi connectivity index (χ3n) is 9.55. The van der Waals surface area contributed by atoms with Crippen LogP contribution in [0.25, 0.3) is 0 Å². The Kier molecular flexibility index (Phi) is 9.61. The third-order valence-corrected chi connectivity index (χ3v) is 10.8. The SMILES string of the molecule is CCCCOc1cc(COCC(F)(F)C(F)(F)C(F)(F)S(=O)(=O)ON2C(=O)C3C4C=CC(C4)C3C2=O)c(C)cc1C1CCCCC1. The lowest BCUT2D eigenvalue weighted by molar-refractivity contribution is -0.296. The molecule has 8 nitrogen and oxygen atoms in total. The fourth-order valence-corrected chi connectivity index (χ4v) is 7.84. The number of benzene rings is 1. The standard InChI is InChI=1S/C31H37F6NO7S/c1-3-4-12-44-24-15-22(18(2)13-23(24)19-8-6-5-7-9-19)16-43-17-29(32,33)30(34,35)31(36,37)46(41,42)45-38-27(39)25-20-10-11-21(14-20)26(25)28(38)40/h10-11,13,15,19-21,25-26H,3-9,12,14,16-17H2,1-2H3. The van der Waals surface area contributed by atoms with E-state index in [1.54, 1.807) is 25.1 Å². The van der Waals surface area contributed by atoms with E-state index in [0.29, 0.717) is 29.9 Å². The van der Waals surface area contributed by atoms with Gasteiger partial charge in [0.05, 0.1) is 25.0 Å². The Morgan fingerprint density at radius 2 is 1.54 bits per heavy atom. The number of hydroxylamine groups is 2. The van der Waals surface area contributed by atoms with Gasteiger partial charge in [0, 0.05) is 0 Å². The molecule has 46 heavy (non-hydrogen) atoms. The molecule has 15 heteroatoms. The fraction of sp³-hybridized carbons (Fsp3) is 0.677. The largest absolute Gasteiger partial charge is 0.493 e. The Balaban J connectivity index is 1.27. The van der Waals surface area contributed by atoms with Crippen LogP contribution in [0.2, 0.25) is 0 Å². The zero-order valence-electron chi connectivity index (χ0n) is 25.5. The van der Waals surface area contributed by atoms with E-state index in [-0.39, 0.29) is 5.92 Å². The number of hydrogen-bond acceptors (Lipinski definition) is 7. The molecule has 2 saturated carbocycles. The molecule has 0 radical (unpaired) electrons. The first kappa shape index (κ1) is 34.7. The summed E-state index contributed by atoms with van der Waals surface area (Å²) >= 11 is 0. The maximum atomic E-state index is 14.8. The van der Waals surface area contributed by atoms with E-state index in [9.17, 15) is 44.3 Å². The zero-order valence-corrected chi connectivity index (χ0v) is 26.3. The summed E-state index contributed by atoms with van der Waals surface area (Å²) in [6, 6.07) is 3.40. The van der Waals surface area contributed by atoms with E-state index in [1.807, 2.05) is 13.0 Å². The zero-order chi connectivity index (χ0) is 33.7. The van der Waals surface area contributed by atoms with Crippen molar-refractivity contribution in [3.8, 4) is 5.75 Å². The molecule has 2 amide bonds. The number of alkyl halides is 6. The number of carbonyl (C=O) groups excluding carboxylic acids is 2. The van der Waals surface area contributed by atoms with Gasteiger partial charge in [-0.05, 0) is 73.1 Å². The van der Waals surface area contributed by atoms with Crippen molar-refractivity contribution in [2.75, 3.05) is 13.2 Å². The van der Waals surface area contributed by atoms with Crippen molar-refractivity contribution in [1.82, 2.24) is 5.06 Å². The first-order valence-electron chi connectivity index (χ1n) is 15.5. The molecule has 4 aliphatic rings. The van der Waals surface area contributed by atoms with E-state index in [2.05, 4.69) is 4.28 Å². The van der Waals surface area contributed by atoms with E-state index in [0.717, 1.165) is 50.5 Å². The van der Waals surface area contributed by atoms with Crippen molar-refractivity contribution in [2.24, 2.45) is 23.7 Å². The number of hydrogen-bond donors (Lipinski definition) is 0. The molecule has 1 aromatic rings. The number of rotatable bonds is 14. The minimum atomic E-state index is -6.98. The van der Waals surface area contributed by atoms with Crippen LogP contribution in [-0.2, 0) is 35.3 Å². The Hall–Kier alpha value is -2.65. The van der Waals surface area contributed by atoms with Gasteiger partial charge < -0.3 is 9.47 Å². The van der Waals surface area contributed by atoms with Gasteiger partial charge in [0.25, 0.3) is 11.8 Å². The molecule has 4 unspecified atom stereocenters. The van der Waals surface area contributed by atoms with Crippen LogP contribution in [0.3, 0.4) is 0 Å². The van der Waals surface area contributed by atoms with Gasteiger partial charge >= 0.3 is 27.2 Å². The number of allylic oxidation sites excluding steroid dienone is 2. The van der Waals surface area contributed by atoms with E-state index in [1.165, 1.54) is 0 Å². The van der Waals surface area contributed by atoms with Crippen LogP contribution in [0.15, 0.2) is 24.3 Å². The minimum absolute atomic E-state index is 0.228. The maximum Gasteiger partial charge on any atom is 0.440 e. The van der Waals surface area contributed by atoms with Crippen molar-refractivity contribution in [2.45, 2.75) is 94.8 Å². The molecule has 3 aliphatic carbocycles. The molecule has 4 atom stereocenters. The topological polar surface area (TPSA) is 99.2 Å². The average molecular weight is 682 g/mol. The molecule has 1 aromatic carbocycles. The lowest BCUT2D eigenvalue weighted by atomic mass is 9.82. The van der Waals surface area contributed by atoms with Gasteiger partial charge in [0.15, 0.2) is 0 Å². The fourth-order valence-electron chi connectivity index (χ4n) is 6.94. The molecule has 1 heterocycles. The molecule has 1 aliphatic heterocycles. The van der Waals surface area contributed by atoms with Crippen LogP contribution >= 0.6 is 0 Å². The molecular weight excluding hydrogens is 644 g/mol. The highest BCUT2D eigenvalue weighted by molar-refractivity contribution is 7.87. The highest BCUT2D eigenvalue weighted by atomic mass is 32.2. The van der Waals surface area contributed by atoms with Gasteiger partial charge in [-0.15, -0.1) is 9.35 Å². The molecule has 0 N–H and O–H groups in total. The Bertz CT molecular complexity index is 1450. The normalized spacial score (nSPS) is 25.5. The summed E-state index contributed by atoms with van der Waals surface area (Å²) in [6.07, 6.45) is 10.3. The number of unbranched alkanes of at least 4 members (excludes halogenated alkanes) is 1. The number of nitrogens with zero attached hydrogens (tertiary/aromatic N) is 1. The molecule has 1 saturated heterocycles. The van der Waals surface area contributed by atoms with Crippen LogP contribution in [0.5, 0.6) is 5.75 Å². The molecule has 0 spiro atoms. The van der Waals surface area contributed by atoms with Gasteiger partial charge in [-0.3, -0.25) is 9.59 Å². The Morgan fingerprint density at radius 1 is 0.935 bits per heavy atom. The van der Waals surface area contributed by atoms with Gasteiger partial charge in [0.1, 0.15) is 12.4 Å². The number of amides is 2. The van der Waals surface area contributed by atoms with Crippen LogP contribution in [0, 0.1) is 30.6 Å². The second-order valence-corrected chi connectivity index (χ2v) is 14.2. The Morgan fingerprint density at radius 3 is 2.13 bits per heavy atom. The van der Waals surface area contributed by atoms with Gasteiger partial charge in [0.2, 0.25) is 0 Å². The van der Waals surface area contributed by atoms with Crippen molar-refractivity contribution >= 4 is 21.9 Å². The summed E-state index contributed by atoms with van der Waals surface area (Å²) in [4.78, 5) is 25.2. The molecule has 256 valence electrons. The van der Waals surface area contributed by atoms with Crippen molar-refractivity contribution in [3.05, 3.63) is 41.0 Å². The quantitative estimate of drug-likeness (QED) is 0.0937. The van der Waals surface area contributed by atoms with Crippen molar-refractivity contribution in [1.29, 1.82) is 0 Å². The maximum absolute atomic E-state index is 14.8. The summed E-state index contributed by atoms with van der Waals surface area (Å²) in [5, 5.41) is -7.07. The summed E-state index contributed by atoms with van der Waals surface area (Å²) < 4.78 is 128. The summed E-state index contributed by atoms with van der Waals surface area (Å²) in [7, 11) is -6.98. The second-order valence-electron chi connectivity index (χ2n) is 12.6. The first-order valence-corrected chi connectivity index (χ1v) is 16.9. The van der Waals surface area contributed by atoms with Gasteiger partial charge in [-0.25, -0.2) is 0 Å². The van der Waals surface area contributed by atoms with Crippen molar-refractivity contribution in [3.63, 3.8) is 0 Å². The molecule has 0 aromatic heterocycles. The number of halogens is 6. The predicted octanol–water partition coefficient (Wildman–Crippen LogP) is 6.67. The number of imide groups is 1. The molecule has 3 fully saturated rings. The molecular formula is C31H37F6NO7S. The smallest absolute Gasteiger partial charge is 0.440 e.